The summed E-state index contributed by atoms with van der Waals surface area (Å²) in [6, 6.07) is 0. The molecular formula is CH12K8Na8O7P2. The molecule has 0 bridgehead atoms. The van der Waals surface area contributed by atoms with E-state index in [0.717, 1.165) is 0 Å². The SMILES string of the molecule is O=C(P(=O)([O-])[O-])P(=O)([O-])[O-].[KH].[KH].[KH].[KH].[KH].[KH].[KH].[KH].[Na+].[Na+].[Na+].[Na+].[NaH].[NaH].[NaH].[NaH]. The van der Waals surface area contributed by atoms with Gasteiger partial charge in [0, 0.05) is 15.2 Å². The van der Waals surface area contributed by atoms with Gasteiger partial charge in [-0.15, -0.1) is 0 Å². The van der Waals surface area contributed by atoms with Crippen molar-refractivity contribution in [3.05, 3.63) is 0 Å². The van der Waals surface area contributed by atoms with Crippen molar-refractivity contribution in [3.63, 3.8) is 0 Å². The van der Waals surface area contributed by atoms with Crippen LogP contribution >= 0.6 is 15.2 Å². The summed E-state index contributed by atoms with van der Waals surface area (Å²) in [4.78, 5) is 47.8. The number of hydrogen-bond acceptors (Lipinski definition) is 7. The molecule has 0 fully saturated rings. The molecule has 25 heteroatoms. The Hall–Kier alpha value is 21.1. The van der Waals surface area contributed by atoms with Crippen molar-refractivity contribution in [2.45, 2.75) is 0 Å². The van der Waals surface area contributed by atoms with Crippen molar-refractivity contribution in [3.8, 4) is 0 Å². The Morgan fingerprint density at radius 2 is 0.538 bits per heavy atom. The molecule has 0 aliphatic heterocycles. The zero-order valence-electron chi connectivity index (χ0n) is 8.25. The Kier molecular flexibility index (Phi) is 306. The average Bonchev–Trinajstić information content (AvgIpc) is 1.59. The van der Waals surface area contributed by atoms with E-state index in [1.54, 1.807) is 0 Å². The molecule has 0 aliphatic rings. The second kappa shape index (κ2) is 71.9. The topological polar surface area (TPSA) is 143 Å². The van der Waals surface area contributed by atoms with Crippen molar-refractivity contribution in [2.24, 2.45) is 0 Å². The molecule has 0 N–H and O–H groups in total. The van der Waals surface area contributed by atoms with Crippen molar-refractivity contribution in [1.29, 1.82) is 0 Å². The Labute approximate surface area is 674 Å². The van der Waals surface area contributed by atoms with Gasteiger partial charge in [-0.3, -0.25) is 4.79 Å². The standard InChI is InChI=1S/CH4O7P2.8K.8Na.12H/c2-1(9(3,4)5)10(6,7)8;;;;;;;;;;;;;;;;;;;;;;;;;;;;/h(H2,3,4,5)(H2,6,7,8);;;;;;;;;;;;;;;;;;;;;;;;;;;;/q;;;;;;;;;;;;;4*+1;;;;;;;;;;;;/p-4. The molecule has 0 saturated carbocycles. The molecule has 0 heterocycles. The molecule has 0 aromatic heterocycles. The summed E-state index contributed by atoms with van der Waals surface area (Å²) in [5.41, 5.74) is 0. The molecule has 0 aromatic rings. The Morgan fingerprint density at radius 3 is 0.538 bits per heavy atom. The van der Waals surface area contributed by atoms with Crippen molar-refractivity contribution in [2.75, 3.05) is 0 Å². The van der Waals surface area contributed by atoms with Crippen LogP contribution in [-0.2, 0) is 9.13 Å². The van der Waals surface area contributed by atoms with Gasteiger partial charge in [-0.2, -0.15) is 0 Å². The minimum atomic E-state index is -5.91. The number of hydrogen-bond donors (Lipinski definition) is 0. The van der Waals surface area contributed by atoms with Crippen LogP contribution in [-0.4, -0.2) is 535 Å². The van der Waals surface area contributed by atoms with E-state index in [9.17, 15) is 33.5 Å². The fraction of sp³-hybridized carbons (Fsp3) is 0. The van der Waals surface area contributed by atoms with E-state index in [1.807, 2.05) is 0 Å². The molecular weight excluding hydrogens is 683 g/mol. The van der Waals surface area contributed by atoms with Gasteiger partial charge in [0.1, 0.15) is 0 Å². The van der Waals surface area contributed by atoms with Gasteiger partial charge in [-0.1, -0.05) is 0 Å². The Morgan fingerprint density at radius 1 is 0.462 bits per heavy atom. The zero-order valence-corrected chi connectivity index (χ0v) is 18.0. The summed E-state index contributed by atoms with van der Waals surface area (Å²) in [6.45, 7) is 0. The molecule has 84 valence electrons. The van der Waals surface area contributed by atoms with Crippen molar-refractivity contribution >= 4 is 550 Å². The van der Waals surface area contributed by atoms with Gasteiger partial charge in [-0.05, 0) is 0 Å². The molecule has 0 atom stereocenters. The maximum absolute atomic E-state index is 9.71. The number of carbonyl (C=O) groups excluding carboxylic acids is 1. The first-order chi connectivity index (χ1) is 4.15. The maximum atomic E-state index is 9.71. The first kappa shape index (κ1) is 110. The van der Waals surface area contributed by atoms with Crippen LogP contribution in [0.15, 0.2) is 0 Å². The van der Waals surface area contributed by atoms with Gasteiger partial charge in [0.2, 0.25) is 0 Å². The molecule has 0 aliphatic carbocycles. The van der Waals surface area contributed by atoms with Crippen LogP contribution in [0.25, 0.3) is 0 Å². The molecule has 0 saturated heterocycles. The fourth-order valence-electron chi connectivity index (χ4n) is 0.150. The minimum absolute atomic E-state index is 0. The van der Waals surface area contributed by atoms with E-state index >= 15 is 0 Å². The summed E-state index contributed by atoms with van der Waals surface area (Å²) in [7, 11) is -11.8. The normalized spacial score (nSPS) is 5.08. The van der Waals surface area contributed by atoms with Crippen molar-refractivity contribution < 1.29 is 152 Å². The van der Waals surface area contributed by atoms with Gasteiger partial charge in [0.25, 0.3) is 0 Å². The van der Waals surface area contributed by atoms with Crippen LogP contribution in [0.4, 0.5) is 4.79 Å². The predicted molar refractivity (Wildman–Crippen MR) is 106 cm³/mol. The molecule has 0 unspecified atom stereocenters. The van der Waals surface area contributed by atoms with Gasteiger partial charge >= 0.3 is 648 Å². The zero-order chi connectivity index (χ0) is 8.58. The second-order valence-electron chi connectivity index (χ2n) is 1.28. The van der Waals surface area contributed by atoms with Gasteiger partial charge in [0.15, 0.2) is 5.27 Å². The third kappa shape index (κ3) is 80.0. The van der Waals surface area contributed by atoms with E-state index < -0.39 is 20.5 Å². The van der Waals surface area contributed by atoms with Gasteiger partial charge < -0.3 is 28.7 Å². The van der Waals surface area contributed by atoms with Crippen LogP contribution in [0.2, 0.25) is 0 Å². The molecule has 0 aromatic carbocycles. The van der Waals surface area contributed by atoms with Crippen LogP contribution in [0.3, 0.4) is 0 Å². The summed E-state index contributed by atoms with van der Waals surface area (Å²) in [6.07, 6.45) is 0. The quantitative estimate of drug-likeness (QED) is 0.207. The van der Waals surface area contributed by atoms with Crippen LogP contribution in [0.5, 0.6) is 0 Å². The second-order valence-corrected chi connectivity index (χ2v) is 4.43. The van der Waals surface area contributed by atoms with Gasteiger partial charge in [0.05, 0.1) is 0 Å². The van der Waals surface area contributed by atoms with E-state index in [-0.39, 0.29) is 648 Å². The van der Waals surface area contributed by atoms with Crippen LogP contribution in [0.1, 0.15) is 0 Å². The van der Waals surface area contributed by atoms with Crippen molar-refractivity contribution in [1.82, 2.24) is 0 Å². The molecule has 0 rings (SSSR count). The average molecular weight is 695 g/mol. The number of rotatable bonds is 2. The van der Waals surface area contributed by atoms with E-state index in [2.05, 4.69) is 0 Å². The molecule has 7 nitrogen and oxygen atoms in total. The molecule has 0 radical (unpaired) electrons. The Balaban J connectivity index is -0.00000000337. The Bertz CT molecular complexity index is 245. The van der Waals surface area contributed by atoms with E-state index in [0.29, 0.717) is 0 Å². The summed E-state index contributed by atoms with van der Waals surface area (Å²) in [5.74, 6) is 0. The predicted octanol–water partition coefficient (Wildman–Crippen LogP) is -22.8. The van der Waals surface area contributed by atoms with Gasteiger partial charge in [-0.25, -0.2) is 0 Å². The fourth-order valence-corrected chi connectivity index (χ4v) is 1.35. The summed E-state index contributed by atoms with van der Waals surface area (Å²) >= 11 is 0. The molecule has 26 heavy (non-hydrogen) atoms. The molecule has 0 spiro atoms. The third-order valence-electron chi connectivity index (χ3n) is 0.469. The van der Waals surface area contributed by atoms with E-state index in [4.69, 9.17) is 0 Å². The monoisotopic (exact) mass is 694 g/mol. The van der Waals surface area contributed by atoms with Crippen LogP contribution < -0.4 is 138 Å². The first-order valence-corrected chi connectivity index (χ1v) is 4.83. The van der Waals surface area contributed by atoms with E-state index in [1.165, 1.54) is 0 Å². The number of carbonyl (C=O) groups is 1. The summed E-state index contributed by atoms with van der Waals surface area (Å²) < 4.78 is 19.1. The molecule has 0 amide bonds. The van der Waals surface area contributed by atoms with Crippen LogP contribution in [0, 0.1) is 0 Å². The first-order valence-electron chi connectivity index (χ1n) is 1.75. The summed E-state index contributed by atoms with van der Waals surface area (Å²) in [5, 5.41) is -2.79. The third-order valence-corrected chi connectivity index (χ3v) is 2.88.